The van der Waals surface area contributed by atoms with Gasteiger partial charge in [-0.05, 0) is 60.7 Å². The molecule has 42 heavy (non-hydrogen) atoms. The van der Waals surface area contributed by atoms with Crippen LogP contribution >= 0.6 is 0 Å². The number of nitrogens with zero attached hydrogens (tertiary/aromatic N) is 4. The number of amides is 1. The smallest absolute Gasteiger partial charge is 0.367 e. The third-order valence-corrected chi connectivity index (χ3v) is 8.38. The van der Waals surface area contributed by atoms with Crippen molar-refractivity contribution in [1.29, 1.82) is 0 Å². The number of carbonyl (C=O) groups excluding carboxylic acids is 1. The minimum Gasteiger partial charge on any atom is -0.367 e. The monoisotopic (exact) mass is 583 g/mol. The zero-order valence-corrected chi connectivity index (χ0v) is 23.6. The Morgan fingerprint density at radius 3 is 2.36 bits per heavy atom. The Balaban J connectivity index is 1.18. The van der Waals surface area contributed by atoms with Crippen LogP contribution in [0.1, 0.15) is 36.1 Å². The zero-order valence-electron chi connectivity index (χ0n) is 23.6. The molecule has 0 spiro atoms. The van der Waals surface area contributed by atoms with Crippen molar-refractivity contribution < 1.29 is 22.4 Å². The lowest BCUT2D eigenvalue weighted by Gasteiger charge is -2.47. The molecule has 10 heteroatoms. The number of likely N-dealkylation sites (tertiary alicyclic amines) is 1. The number of benzene rings is 2. The minimum atomic E-state index is -4.38. The third kappa shape index (κ3) is 7.86. The van der Waals surface area contributed by atoms with Crippen LogP contribution in [0.3, 0.4) is 0 Å². The van der Waals surface area contributed by atoms with Gasteiger partial charge in [-0.25, -0.2) is 4.39 Å². The number of para-hydroxylation sites is 1. The van der Waals surface area contributed by atoms with E-state index < -0.39 is 11.7 Å². The van der Waals surface area contributed by atoms with Crippen LogP contribution < -0.4 is 10.2 Å². The molecule has 2 aromatic carbocycles. The third-order valence-electron chi connectivity index (χ3n) is 8.38. The highest BCUT2D eigenvalue weighted by Crippen LogP contribution is 2.30. The maximum Gasteiger partial charge on any atom is 0.416 e. The van der Waals surface area contributed by atoms with Crippen LogP contribution in [0, 0.1) is 11.7 Å². The number of pyridine rings is 1. The quantitative estimate of drug-likeness (QED) is 0.345. The predicted molar refractivity (Wildman–Crippen MR) is 154 cm³/mol. The summed E-state index contributed by atoms with van der Waals surface area (Å²) in [7, 11) is 0. The van der Waals surface area contributed by atoms with Crippen molar-refractivity contribution in [2.75, 3.05) is 44.2 Å². The molecule has 0 unspecified atom stereocenters. The van der Waals surface area contributed by atoms with E-state index >= 15 is 0 Å². The van der Waals surface area contributed by atoms with Crippen molar-refractivity contribution in [2.45, 2.75) is 44.6 Å². The molecule has 3 aromatic rings. The highest BCUT2D eigenvalue weighted by atomic mass is 19.4. The molecule has 1 N–H and O–H groups in total. The highest BCUT2D eigenvalue weighted by Gasteiger charge is 2.35. The Morgan fingerprint density at radius 2 is 1.67 bits per heavy atom. The molecule has 2 aliphatic heterocycles. The highest BCUT2D eigenvalue weighted by molar-refractivity contribution is 5.75. The van der Waals surface area contributed by atoms with E-state index in [1.807, 2.05) is 30.3 Å². The van der Waals surface area contributed by atoms with Gasteiger partial charge in [0.05, 0.1) is 16.9 Å². The molecule has 1 aromatic heterocycles. The van der Waals surface area contributed by atoms with Gasteiger partial charge < -0.3 is 10.2 Å². The Labute approximate surface area is 244 Å². The van der Waals surface area contributed by atoms with Crippen molar-refractivity contribution in [3.05, 3.63) is 95.6 Å². The van der Waals surface area contributed by atoms with Crippen LogP contribution in [0.5, 0.6) is 0 Å². The molecule has 224 valence electrons. The molecule has 3 heterocycles. The summed E-state index contributed by atoms with van der Waals surface area (Å²) in [4.78, 5) is 24.3. The summed E-state index contributed by atoms with van der Waals surface area (Å²) in [6, 6.07) is 18.0. The lowest BCUT2D eigenvalue weighted by Crippen LogP contribution is -2.56. The molecule has 5 rings (SSSR count). The van der Waals surface area contributed by atoms with Crippen molar-refractivity contribution in [2.24, 2.45) is 5.92 Å². The average molecular weight is 584 g/mol. The van der Waals surface area contributed by atoms with E-state index in [0.717, 1.165) is 70.1 Å². The molecule has 2 saturated heterocycles. The number of aromatic nitrogens is 1. The largest absolute Gasteiger partial charge is 0.416 e. The number of hydrogen-bond acceptors (Lipinski definition) is 5. The topological polar surface area (TPSA) is 51.7 Å². The molecule has 0 aliphatic carbocycles. The second kappa shape index (κ2) is 13.6. The average Bonchev–Trinajstić information content (AvgIpc) is 3.00. The summed E-state index contributed by atoms with van der Waals surface area (Å²) < 4.78 is 52.9. The van der Waals surface area contributed by atoms with Gasteiger partial charge in [-0.15, -0.1) is 0 Å². The Morgan fingerprint density at radius 1 is 0.929 bits per heavy atom. The first-order valence-electron chi connectivity index (χ1n) is 14.5. The predicted octanol–water partition coefficient (Wildman–Crippen LogP) is 5.35. The van der Waals surface area contributed by atoms with Crippen LogP contribution in [0.2, 0.25) is 0 Å². The number of hydrogen-bond donors (Lipinski definition) is 1. The van der Waals surface area contributed by atoms with Gasteiger partial charge in [0.25, 0.3) is 0 Å². The summed E-state index contributed by atoms with van der Waals surface area (Å²) in [5.41, 5.74) is 1.58. The number of alkyl halides is 3. The molecule has 2 fully saturated rings. The normalized spacial score (nSPS) is 20.4. The number of carbonyl (C=O) groups is 1. The fraction of sp³-hybridized carbons (Fsp3) is 0.438. The van der Waals surface area contributed by atoms with Crippen LogP contribution in [-0.2, 0) is 24.1 Å². The molecular weight excluding hydrogens is 546 g/mol. The van der Waals surface area contributed by atoms with Gasteiger partial charge in [-0.1, -0.05) is 30.3 Å². The van der Waals surface area contributed by atoms with Crippen LogP contribution in [0.15, 0.2) is 72.9 Å². The molecular formula is C32H37F4N5O. The molecule has 2 atom stereocenters. The first-order valence-corrected chi connectivity index (χ1v) is 14.5. The maximum atomic E-state index is 14.4. The van der Waals surface area contributed by atoms with Gasteiger partial charge in [0.15, 0.2) is 0 Å². The number of anilines is 1. The van der Waals surface area contributed by atoms with E-state index in [1.54, 1.807) is 12.3 Å². The van der Waals surface area contributed by atoms with E-state index in [2.05, 4.69) is 25.0 Å². The van der Waals surface area contributed by atoms with E-state index in [0.29, 0.717) is 30.1 Å². The number of nitrogens with one attached hydrogen (secondary N) is 1. The Hall–Kier alpha value is -3.50. The Bertz CT molecular complexity index is 1300. The first-order chi connectivity index (χ1) is 20.3. The van der Waals surface area contributed by atoms with E-state index in [4.69, 9.17) is 0 Å². The van der Waals surface area contributed by atoms with Gasteiger partial charge in [0.1, 0.15) is 5.82 Å². The molecule has 0 radical (unpaired) electrons. The van der Waals surface area contributed by atoms with E-state index in [-0.39, 0.29) is 24.2 Å². The van der Waals surface area contributed by atoms with E-state index in [9.17, 15) is 22.4 Å². The molecule has 0 bridgehead atoms. The molecule has 2 aliphatic rings. The SMILES string of the molecule is O=C(CC[C@H]1CN(Cc2ccccn2)CC[C@H]1N1CCN(c2ccccc2F)CC1)NCc1ccc(C(F)(F)F)cc1. The van der Waals surface area contributed by atoms with Gasteiger partial charge in [0.2, 0.25) is 5.91 Å². The minimum absolute atomic E-state index is 0.111. The maximum absolute atomic E-state index is 14.4. The van der Waals surface area contributed by atoms with Gasteiger partial charge in [-0.2, -0.15) is 13.2 Å². The fourth-order valence-corrected chi connectivity index (χ4v) is 6.14. The second-order valence-electron chi connectivity index (χ2n) is 11.2. The lowest BCUT2D eigenvalue weighted by molar-refractivity contribution is -0.137. The lowest BCUT2D eigenvalue weighted by atomic mass is 9.86. The number of rotatable bonds is 9. The molecule has 1 amide bonds. The number of halogens is 4. The first kappa shape index (κ1) is 30.0. The standard InChI is InChI=1S/C32H37F4N5O/c33-28-6-1-2-7-30(28)41-19-17-40(18-20-41)29-14-16-39(23-27-5-3-4-15-37-27)22-25(29)10-13-31(42)38-21-24-8-11-26(12-9-24)32(34,35)36/h1-9,11-12,15,25,29H,10,13-14,16-23H2,(H,38,42)/t25-,29+/m0/s1. The summed E-state index contributed by atoms with van der Waals surface area (Å²) in [5.74, 6) is -0.0480. The van der Waals surface area contributed by atoms with Crippen LogP contribution in [-0.4, -0.2) is 66.0 Å². The summed E-state index contributed by atoms with van der Waals surface area (Å²) in [6.45, 7) is 5.88. The Kier molecular flexibility index (Phi) is 9.74. The van der Waals surface area contributed by atoms with Crippen LogP contribution in [0.25, 0.3) is 0 Å². The van der Waals surface area contributed by atoms with Gasteiger partial charge >= 0.3 is 6.18 Å². The summed E-state index contributed by atoms with van der Waals surface area (Å²) in [6.07, 6.45) is -0.558. The van der Waals surface area contributed by atoms with Gasteiger partial charge in [-0.3, -0.25) is 19.6 Å². The van der Waals surface area contributed by atoms with Crippen molar-refractivity contribution >= 4 is 11.6 Å². The number of piperidine rings is 1. The molecule has 0 saturated carbocycles. The molecule has 6 nitrogen and oxygen atoms in total. The fourth-order valence-electron chi connectivity index (χ4n) is 6.14. The van der Waals surface area contributed by atoms with Crippen molar-refractivity contribution in [1.82, 2.24) is 20.1 Å². The van der Waals surface area contributed by atoms with Gasteiger partial charge in [0, 0.05) is 71.0 Å². The van der Waals surface area contributed by atoms with Crippen LogP contribution in [0.4, 0.5) is 23.2 Å². The van der Waals surface area contributed by atoms with E-state index in [1.165, 1.54) is 18.2 Å². The summed E-state index contributed by atoms with van der Waals surface area (Å²) >= 11 is 0. The van der Waals surface area contributed by atoms with Crippen molar-refractivity contribution in [3.63, 3.8) is 0 Å². The zero-order chi connectivity index (χ0) is 29.5. The van der Waals surface area contributed by atoms with Crippen molar-refractivity contribution in [3.8, 4) is 0 Å². The second-order valence-corrected chi connectivity index (χ2v) is 11.2. The number of piperazine rings is 1. The summed E-state index contributed by atoms with van der Waals surface area (Å²) in [5, 5.41) is 2.87.